The molecule has 2 nitrogen and oxygen atoms in total. The zero-order valence-electron chi connectivity index (χ0n) is 6.42. The monoisotopic (exact) mass is 166 g/mol. The minimum absolute atomic E-state index is 0.519. The molecule has 0 aliphatic heterocycles. The van der Waals surface area contributed by atoms with Crippen LogP contribution in [0.5, 0.6) is 0 Å². The van der Waals surface area contributed by atoms with Gasteiger partial charge in [0.25, 0.3) is 0 Å². The van der Waals surface area contributed by atoms with E-state index < -0.39 is 17.6 Å². The molecule has 0 bridgehead atoms. The van der Waals surface area contributed by atoms with Crippen molar-refractivity contribution in [3.8, 4) is 0 Å². The number of alkyl halides is 1. The molecule has 10 heavy (non-hydrogen) atoms. The first-order valence-electron chi connectivity index (χ1n) is 3.63. The highest BCUT2D eigenvalue weighted by atomic mass is 35.5. The van der Waals surface area contributed by atoms with Gasteiger partial charge in [-0.15, -0.1) is 11.6 Å². The lowest BCUT2D eigenvalue weighted by atomic mass is 10.1. The fraction of sp³-hybridized carbons (Fsp3) is 1.00. The van der Waals surface area contributed by atoms with Crippen LogP contribution in [0.4, 0.5) is 0 Å². The van der Waals surface area contributed by atoms with Crippen LogP contribution in [0.25, 0.3) is 0 Å². The lowest BCUT2D eigenvalue weighted by Crippen LogP contribution is -2.31. The maximum atomic E-state index is 9.14. The molecule has 0 saturated heterocycles. The summed E-state index contributed by atoms with van der Waals surface area (Å²) in [6, 6.07) is 0. The summed E-state index contributed by atoms with van der Waals surface area (Å²) in [6.07, 6.45) is 0.00410. The zero-order chi connectivity index (χ0) is 8.15. The van der Waals surface area contributed by atoms with Crippen molar-refractivity contribution in [2.75, 3.05) is 0 Å². The Labute approximate surface area is 66.8 Å². The van der Waals surface area contributed by atoms with E-state index in [-0.39, 0.29) is 0 Å². The van der Waals surface area contributed by atoms with E-state index in [9.17, 15) is 0 Å². The molecule has 62 valence electrons. The van der Waals surface area contributed by atoms with Gasteiger partial charge in [-0.2, -0.15) is 0 Å². The minimum Gasteiger partial charge on any atom is -0.391 e. The fourth-order valence-corrected chi connectivity index (χ4v) is 1.06. The number of halogens is 1. The Hall–Kier alpha value is 0.210. The highest BCUT2D eigenvalue weighted by Gasteiger charge is 2.21. The molecule has 3 heteroatoms. The predicted octanol–water partition coefficient (Wildman–Crippen LogP) is 1.14. The second-order valence-electron chi connectivity index (χ2n) is 2.40. The molecule has 0 aliphatic rings. The lowest BCUT2D eigenvalue weighted by Gasteiger charge is -2.19. The molecular weight excluding hydrogens is 152 g/mol. The van der Waals surface area contributed by atoms with Crippen LogP contribution in [0.15, 0.2) is 0 Å². The SMILES string of the molecule is CCC(O)C(Cl)C(O)CC. The van der Waals surface area contributed by atoms with Gasteiger partial charge >= 0.3 is 0 Å². The van der Waals surface area contributed by atoms with Crippen molar-refractivity contribution in [1.82, 2.24) is 0 Å². The molecule has 0 saturated carbocycles. The van der Waals surface area contributed by atoms with Gasteiger partial charge in [-0.05, 0) is 12.8 Å². The van der Waals surface area contributed by atoms with Gasteiger partial charge in [-0.1, -0.05) is 13.8 Å². The van der Waals surface area contributed by atoms with Gasteiger partial charge in [-0.25, -0.2) is 0 Å². The predicted molar refractivity (Wildman–Crippen MR) is 42.2 cm³/mol. The zero-order valence-corrected chi connectivity index (χ0v) is 7.17. The Kier molecular flexibility index (Phi) is 5.04. The van der Waals surface area contributed by atoms with E-state index in [1.807, 2.05) is 13.8 Å². The first-order valence-corrected chi connectivity index (χ1v) is 4.07. The van der Waals surface area contributed by atoms with Gasteiger partial charge in [-0.3, -0.25) is 0 Å². The molecule has 2 unspecified atom stereocenters. The van der Waals surface area contributed by atoms with Crippen molar-refractivity contribution in [2.45, 2.75) is 44.3 Å². The van der Waals surface area contributed by atoms with E-state index in [0.29, 0.717) is 12.8 Å². The Morgan fingerprint density at radius 2 is 1.40 bits per heavy atom. The topological polar surface area (TPSA) is 40.5 Å². The molecule has 0 aromatic heterocycles. The molecule has 0 aliphatic carbocycles. The van der Waals surface area contributed by atoms with Gasteiger partial charge in [0.1, 0.15) is 0 Å². The largest absolute Gasteiger partial charge is 0.391 e. The first kappa shape index (κ1) is 10.2. The summed E-state index contributed by atoms with van der Waals surface area (Å²) < 4.78 is 0. The van der Waals surface area contributed by atoms with Gasteiger partial charge in [0.15, 0.2) is 0 Å². The van der Waals surface area contributed by atoms with Crippen LogP contribution in [0.1, 0.15) is 26.7 Å². The van der Waals surface area contributed by atoms with Crippen molar-refractivity contribution >= 4 is 11.6 Å². The molecule has 0 radical (unpaired) electrons. The standard InChI is InChI=1S/C7H15ClO2/c1-3-5(9)7(8)6(10)4-2/h5-7,9-10H,3-4H2,1-2H3. The summed E-state index contributed by atoms with van der Waals surface area (Å²) >= 11 is 5.68. The molecule has 0 aromatic rings. The van der Waals surface area contributed by atoms with Crippen LogP contribution >= 0.6 is 11.6 Å². The van der Waals surface area contributed by atoms with Crippen molar-refractivity contribution in [1.29, 1.82) is 0 Å². The third kappa shape index (κ3) is 2.86. The molecule has 0 rings (SSSR count). The maximum absolute atomic E-state index is 9.14. The van der Waals surface area contributed by atoms with E-state index in [4.69, 9.17) is 21.8 Å². The Balaban J connectivity index is 3.69. The van der Waals surface area contributed by atoms with E-state index in [1.54, 1.807) is 0 Å². The second kappa shape index (κ2) is 4.94. The quantitative estimate of drug-likeness (QED) is 0.615. The van der Waals surface area contributed by atoms with Gasteiger partial charge in [0, 0.05) is 0 Å². The smallest absolute Gasteiger partial charge is 0.0853 e. The molecule has 0 heterocycles. The fourth-order valence-electron chi connectivity index (χ4n) is 0.707. The third-order valence-corrected chi connectivity index (χ3v) is 2.15. The summed E-state index contributed by atoms with van der Waals surface area (Å²) in [4.78, 5) is 0. The van der Waals surface area contributed by atoms with Crippen LogP contribution in [-0.4, -0.2) is 27.8 Å². The third-order valence-electron chi connectivity index (χ3n) is 1.57. The minimum atomic E-state index is -0.586. The summed E-state index contributed by atoms with van der Waals surface area (Å²) in [7, 11) is 0. The van der Waals surface area contributed by atoms with Crippen LogP contribution in [0.2, 0.25) is 0 Å². The number of aliphatic hydroxyl groups excluding tert-OH is 2. The van der Waals surface area contributed by atoms with Crippen LogP contribution in [0, 0.1) is 0 Å². The molecular formula is C7H15ClO2. The van der Waals surface area contributed by atoms with Crippen molar-refractivity contribution in [2.24, 2.45) is 0 Å². The van der Waals surface area contributed by atoms with E-state index in [1.165, 1.54) is 0 Å². The van der Waals surface area contributed by atoms with Crippen molar-refractivity contribution in [3.05, 3.63) is 0 Å². The summed E-state index contributed by atoms with van der Waals surface area (Å²) in [5, 5.41) is 17.8. The Morgan fingerprint density at radius 3 is 1.60 bits per heavy atom. The van der Waals surface area contributed by atoms with E-state index >= 15 is 0 Å². The van der Waals surface area contributed by atoms with Gasteiger partial charge in [0.2, 0.25) is 0 Å². The Morgan fingerprint density at radius 1 is 1.10 bits per heavy atom. The van der Waals surface area contributed by atoms with Crippen LogP contribution in [-0.2, 0) is 0 Å². The average Bonchev–Trinajstić information content (AvgIpc) is 2.00. The van der Waals surface area contributed by atoms with Gasteiger partial charge < -0.3 is 10.2 Å². The van der Waals surface area contributed by atoms with E-state index in [2.05, 4.69) is 0 Å². The molecule has 2 N–H and O–H groups in total. The average molecular weight is 167 g/mol. The number of hydrogen-bond donors (Lipinski definition) is 2. The Bertz CT molecular complexity index is 77.7. The summed E-state index contributed by atoms with van der Waals surface area (Å²) in [5.74, 6) is 0. The van der Waals surface area contributed by atoms with E-state index in [0.717, 1.165) is 0 Å². The highest BCUT2D eigenvalue weighted by Crippen LogP contribution is 2.13. The van der Waals surface area contributed by atoms with Crippen LogP contribution < -0.4 is 0 Å². The van der Waals surface area contributed by atoms with Gasteiger partial charge in [0.05, 0.1) is 17.6 Å². The number of rotatable bonds is 4. The molecule has 2 atom stereocenters. The van der Waals surface area contributed by atoms with Crippen molar-refractivity contribution < 1.29 is 10.2 Å². The molecule has 0 amide bonds. The number of aliphatic hydroxyl groups is 2. The molecule has 0 spiro atoms. The van der Waals surface area contributed by atoms with Crippen molar-refractivity contribution in [3.63, 3.8) is 0 Å². The second-order valence-corrected chi connectivity index (χ2v) is 2.90. The summed E-state index contributed by atoms with van der Waals surface area (Å²) in [6.45, 7) is 3.67. The maximum Gasteiger partial charge on any atom is 0.0853 e. The molecule has 0 fully saturated rings. The first-order chi connectivity index (χ1) is 4.63. The molecule has 0 aromatic carbocycles. The highest BCUT2D eigenvalue weighted by molar-refractivity contribution is 6.21. The number of hydrogen-bond acceptors (Lipinski definition) is 2. The normalized spacial score (nSPS) is 20.1. The lowest BCUT2D eigenvalue weighted by molar-refractivity contribution is 0.0817. The summed E-state index contributed by atoms with van der Waals surface area (Å²) in [5.41, 5.74) is 0. The van der Waals surface area contributed by atoms with Crippen LogP contribution in [0.3, 0.4) is 0 Å².